The lowest BCUT2D eigenvalue weighted by atomic mass is 10.3. The third kappa shape index (κ3) is 3.98. The number of hydroxylamine groups is 1. The Morgan fingerprint density at radius 2 is 2.00 bits per heavy atom. The van der Waals surface area contributed by atoms with E-state index in [0.717, 1.165) is 0 Å². The molecule has 0 fully saturated rings. The summed E-state index contributed by atoms with van der Waals surface area (Å²) in [5.74, 6) is -0.275. The van der Waals surface area contributed by atoms with Crippen molar-refractivity contribution in [1.82, 2.24) is 5.48 Å². The number of amides is 1. The number of nitrogens with one attached hydrogen (secondary N) is 2. The topological polar surface area (TPSA) is 50.4 Å². The Morgan fingerprint density at radius 3 is 2.56 bits per heavy atom. The summed E-state index contributed by atoms with van der Waals surface area (Å²) in [5.41, 5.74) is 2.91. The van der Waals surface area contributed by atoms with E-state index in [1.54, 1.807) is 18.2 Å². The normalized spacial score (nSPS) is 10.2. The zero-order chi connectivity index (χ0) is 12.0. The van der Waals surface area contributed by atoms with Gasteiger partial charge in [0.15, 0.2) is 0 Å². The van der Waals surface area contributed by atoms with Crippen molar-refractivity contribution in [3.63, 3.8) is 0 Å². The third-order valence-electron chi connectivity index (χ3n) is 1.71. The molecule has 6 heteroatoms. The number of hydrogen-bond donors (Lipinski definition) is 2. The number of anilines is 1. The number of carbonyl (C=O) groups excluding carboxylic acids is 1. The van der Waals surface area contributed by atoms with Gasteiger partial charge in [-0.1, -0.05) is 29.3 Å². The second-order valence-corrected chi connectivity index (χ2v) is 3.71. The minimum absolute atomic E-state index is 0.0371. The van der Waals surface area contributed by atoms with Gasteiger partial charge in [0.25, 0.3) is 0 Å². The predicted octanol–water partition coefficient (Wildman–Crippen LogP) is 2.47. The van der Waals surface area contributed by atoms with Gasteiger partial charge in [-0.3, -0.25) is 4.79 Å². The zero-order valence-corrected chi connectivity index (χ0v) is 10.2. The van der Waals surface area contributed by atoms with Gasteiger partial charge < -0.3 is 10.2 Å². The highest BCUT2D eigenvalue weighted by Crippen LogP contribution is 2.29. The maximum Gasteiger partial charge on any atom is 0.240 e. The number of carbonyl (C=O) groups is 1. The Morgan fingerprint density at radius 1 is 1.38 bits per heavy atom. The van der Waals surface area contributed by atoms with Crippen LogP contribution in [0.1, 0.15) is 6.92 Å². The molecule has 0 aliphatic rings. The number of rotatable bonds is 5. The molecule has 1 aromatic carbocycles. The second kappa shape index (κ2) is 6.70. The van der Waals surface area contributed by atoms with Crippen LogP contribution in [0.3, 0.4) is 0 Å². The number of para-hydroxylation sites is 1. The van der Waals surface area contributed by atoms with Crippen molar-refractivity contribution in [1.29, 1.82) is 0 Å². The first kappa shape index (κ1) is 13.3. The van der Waals surface area contributed by atoms with Crippen molar-refractivity contribution < 1.29 is 9.63 Å². The Kier molecular flexibility index (Phi) is 5.55. The fourth-order valence-corrected chi connectivity index (χ4v) is 1.51. The van der Waals surface area contributed by atoms with Gasteiger partial charge in [-0.2, -0.15) is 5.48 Å². The highest BCUT2D eigenvalue weighted by Gasteiger charge is 2.08. The van der Waals surface area contributed by atoms with Gasteiger partial charge >= 0.3 is 0 Å². The van der Waals surface area contributed by atoms with Gasteiger partial charge in [-0.15, -0.1) is 0 Å². The van der Waals surface area contributed by atoms with E-state index in [2.05, 4.69) is 10.8 Å². The molecule has 1 amide bonds. The summed E-state index contributed by atoms with van der Waals surface area (Å²) in [6, 6.07) is 5.01. The molecular weight excluding hydrogens is 251 g/mol. The first-order valence-corrected chi connectivity index (χ1v) is 5.49. The molecule has 0 saturated heterocycles. The largest absolute Gasteiger partial charge is 0.322 e. The van der Waals surface area contributed by atoms with Gasteiger partial charge in [0.05, 0.1) is 22.3 Å². The van der Waals surface area contributed by atoms with Crippen molar-refractivity contribution in [3.05, 3.63) is 28.2 Å². The van der Waals surface area contributed by atoms with Crippen LogP contribution in [0.2, 0.25) is 10.0 Å². The van der Waals surface area contributed by atoms with Crippen LogP contribution in [-0.4, -0.2) is 19.1 Å². The zero-order valence-electron chi connectivity index (χ0n) is 8.72. The average Bonchev–Trinajstić information content (AvgIpc) is 2.24. The predicted molar refractivity (Wildman–Crippen MR) is 64.7 cm³/mol. The van der Waals surface area contributed by atoms with E-state index >= 15 is 0 Å². The number of hydrogen-bond acceptors (Lipinski definition) is 3. The highest BCUT2D eigenvalue weighted by atomic mass is 35.5. The SMILES string of the molecule is CCONCC(=O)Nc1c(Cl)cccc1Cl. The molecule has 0 bridgehead atoms. The molecular formula is C10H12Cl2N2O2. The van der Waals surface area contributed by atoms with Crippen molar-refractivity contribution in [2.75, 3.05) is 18.5 Å². The molecule has 0 aliphatic carbocycles. The summed E-state index contributed by atoms with van der Waals surface area (Å²) in [4.78, 5) is 16.2. The molecule has 0 saturated carbocycles. The van der Waals surface area contributed by atoms with Crippen molar-refractivity contribution in [2.45, 2.75) is 6.92 Å². The maximum atomic E-state index is 11.4. The Hall–Kier alpha value is -0.810. The molecule has 0 unspecified atom stereocenters. The van der Waals surface area contributed by atoms with Crippen LogP contribution in [0.4, 0.5) is 5.69 Å². The molecule has 0 spiro atoms. The summed E-state index contributed by atoms with van der Waals surface area (Å²) in [7, 11) is 0. The first-order valence-electron chi connectivity index (χ1n) is 4.73. The van der Waals surface area contributed by atoms with E-state index < -0.39 is 0 Å². The molecule has 4 nitrogen and oxygen atoms in total. The van der Waals surface area contributed by atoms with Gasteiger partial charge in [0, 0.05) is 0 Å². The molecule has 2 N–H and O–H groups in total. The second-order valence-electron chi connectivity index (χ2n) is 2.90. The van der Waals surface area contributed by atoms with E-state index in [4.69, 9.17) is 28.0 Å². The molecule has 1 aromatic rings. The van der Waals surface area contributed by atoms with Gasteiger partial charge in [0.1, 0.15) is 6.54 Å². The van der Waals surface area contributed by atoms with Crippen LogP contribution in [0, 0.1) is 0 Å². The molecule has 0 heterocycles. The van der Waals surface area contributed by atoms with Crippen LogP contribution in [0.15, 0.2) is 18.2 Å². The van der Waals surface area contributed by atoms with Crippen LogP contribution in [0.5, 0.6) is 0 Å². The molecule has 0 aliphatic heterocycles. The molecule has 88 valence electrons. The monoisotopic (exact) mass is 262 g/mol. The lowest BCUT2D eigenvalue weighted by Gasteiger charge is -2.09. The Labute approximate surface area is 104 Å². The fourth-order valence-electron chi connectivity index (χ4n) is 1.02. The van der Waals surface area contributed by atoms with Crippen molar-refractivity contribution in [2.24, 2.45) is 0 Å². The lowest BCUT2D eigenvalue weighted by molar-refractivity contribution is -0.117. The maximum absolute atomic E-state index is 11.4. The first-order chi connectivity index (χ1) is 7.65. The van der Waals surface area contributed by atoms with Crippen LogP contribution in [0.25, 0.3) is 0 Å². The Bertz CT molecular complexity index is 352. The van der Waals surface area contributed by atoms with E-state index in [-0.39, 0.29) is 12.5 Å². The number of halogens is 2. The quantitative estimate of drug-likeness (QED) is 0.633. The van der Waals surface area contributed by atoms with Crippen LogP contribution < -0.4 is 10.8 Å². The lowest BCUT2D eigenvalue weighted by Crippen LogP contribution is -2.28. The number of benzene rings is 1. The smallest absolute Gasteiger partial charge is 0.240 e. The van der Waals surface area contributed by atoms with Crippen LogP contribution in [-0.2, 0) is 9.63 Å². The van der Waals surface area contributed by atoms with E-state index in [9.17, 15) is 4.79 Å². The standard InChI is InChI=1S/C10H12Cl2N2O2/c1-2-16-13-6-9(15)14-10-7(11)4-3-5-8(10)12/h3-5,13H,2,6H2,1H3,(H,14,15). The molecule has 0 radical (unpaired) electrons. The minimum Gasteiger partial charge on any atom is -0.322 e. The van der Waals surface area contributed by atoms with Gasteiger partial charge in [-0.05, 0) is 19.1 Å². The summed E-state index contributed by atoms with van der Waals surface area (Å²) >= 11 is 11.8. The summed E-state index contributed by atoms with van der Waals surface area (Å²) < 4.78 is 0. The average molecular weight is 263 g/mol. The van der Waals surface area contributed by atoms with E-state index in [1.165, 1.54) is 0 Å². The summed E-state index contributed by atoms with van der Waals surface area (Å²) in [6.45, 7) is 2.34. The summed E-state index contributed by atoms with van der Waals surface area (Å²) in [5, 5.41) is 3.39. The third-order valence-corrected chi connectivity index (χ3v) is 2.34. The van der Waals surface area contributed by atoms with Crippen LogP contribution >= 0.6 is 23.2 Å². The van der Waals surface area contributed by atoms with E-state index in [0.29, 0.717) is 22.3 Å². The van der Waals surface area contributed by atoms with Crippen molar-refractivity contribution in [3.8, 4) is 0 Å². The fraction of sp³-hybridized carbons (Fsp3) is 0.300. The molecule has 1 rings (SSSR count). The van der Waals surface area contributed by atoms with Gasteiger partial charge in [0.2, 0.25) is 5.91 Å². The Balaban J connectivity index is 2.56. The van der Waals surface area contributed by atoms with Crippen molar-refractivity contribution >= 4 is 34.8 Å². The molecule has 0 aromatic heterocycles. The molecule has 16 heavy (non-hydrogen) atoms. The van der Waals surface area contributed by atoms with Gasteiger partial charge in [-0.25, -0.2) is 0 Å². The minimum atomic E-state index is -0.275. The summed E-state index contributed by atoms with van der Waals surface area (Å²) in [6.07, 6.45) is 0. The van der Waals surface area contributed by atoms with E-state index in [1.807, 2.05) is 6.92 Å². The highest BCUT2D eigenvalue weighted by molar-refractivity contribution is 6.39. The molecule has 0 atom stereocenters.